The molecule has 1 aliphatic heterocycles. The highest BCUT2D eigenvalue weighted by molar-refractivity contribution is 7.99. The van der Waals surface area contributed by atoms with Crippen molar-refractivity contribution in [2.45, 2.75) is 11.8 Å². The van der Waals surface area contributed by atoms with Crippen LogP contribution < -0.4 is 5.32 Å². The topological polar surface area (TPSA) is 49.4 Å². The Kier molecular flexibility index (Phi) is 4.25. The molecule has 18 heavy (non-hydrogen) atoms. The number of nitrogens with zero attached hydrogens (tertiary/aromatic N) is 1. The van der Waals surface area contributed by atoms with Crippen molar-refractivity contribution >= 4 is 23.6 Å². The van der Waals surface area contributed by atoms with E-state index in [9.17, 15) is 9.59 Å². The first-order valence-corrected chi connectivity index (χ1v) is 6.98. The summed E-state index contributed by atoms with van der Waals surface area (Å²) < 4.78 is 0. The molecule has 2 rings (SSSR count). The first kappa shape index (κ1) is 13.0. The summed E-state index contributed by atoms with van der Waals surface area (Å²) in [7, 11) is 0. The summed E-state index contributed by atoms with van der Waals surface area (Å²) in [6, 6.07) is 7.56. The molecular weight excluding hydrogens is 248 g/mol. The minimum Gasteiger partial charge on any atom is -0.353 e. The van der Waals surface area contributed by atoms with Crippen LogP contribution in [0, 0.1) is 0 Å². The fourth-order valence-corrected chi connectivity index (χ4v) is 2.70. The lowest BCUT2D eigenvalue weighted by Crippen LogP contribution is -2.50. The quantitative estimate of drug-likeness (QED) is 0.839. The normalized spacial score (nSPS) is 15.4. The number of piperazine rings is 1. The van der Waals surface area contributed by atoms with Crippen LogP contribution in [-0.2, 0) is 4.79 Å². The minimum absolute atomic E-state index is 0.0543. The average Bonchev–Trinajstić information content (AvgIpc) is 2.39. The maximum atomic E-state index is 12.4. The van der Waals surface area contributed by atoms with Crippen LogP contribution in [0.5, 0.6) is 0 Å². The Morgan fingerprint density at radius 1 is 1.44 bits per heavy atom. The fraction of sp³-hybridized carbons (Fsp3) is 0.385. The number of carbonyl (C=O) groups excluding carboxylic acids is 2. The lowest BCUT2D eigenvalue weighted by molar-refractivity contribution is -0.123. The third kappa shape index (κ3) is 2.85. The van der Waals surface area contributed by atoms with E-state index in [4.69, 9.17) is 0 Å². The number of nitrogens with one attached hydrogen (secondary N) is 1. The van der Waals surface area contributed by atoms with Gasteiger partial charge in [0.25, 0.3) is 5.91 Å². The van der Waals surface area contributed by atoms with Crippen LogP contribution >= 0.6 is 11.8 Å². The SMILES string of the molecule is CCSc1ccccc1C(=O)N1CCNC(=O)C1. The van der Waals surface area contributed by atoms with Crippen LogP contribution in [0.2, 0.25) is 0 Å². The molecule has 0 radical (unpaired) electrons. The zero-order chi connectivity index (χ0) is 13.0. The molecule has 1 fully saturated rings. The van der Waals surface area contributed by atoms with Gasteiger partial charge < -0.3 is 10.2 Å². The number of thioether (sulfide) groups is 1. The molecule has 0 saturated carbocycles. The maximum absolute atomic E-state index is 12.4. The monoisotopic (exact) mass is 264 g/mol. The van der Waals surface area contributed by atoms with Crippen LogP contribution in [0.15, 0.2) is 29.2 Å². The van der Waals surface area contributed by atoms with E-state index < -0.39 is 0 Å². The van der Waals surface area contributed by atoms with Crippen molar-refractivity contribution in [2.75, 3.05) is 25.4 Å². The Morgan fingerprint density at radius 2 is 2.22 bits per heavy atom. The average molecular weight is 264 g/mol. The summed E-state index contributed by atoms with van der Waals surface area (Å²) in [6.07, 6.45) is 0. The molecule has 1 saturated heterocycles. The molecule has 0 atom stereocenters. The van der Waals surface area contributed by atoms with Gasteiger partial charge in [-0.2, -0.15) is 0 Å². The van der Waals surface area contributed by atoms with Crippen molar-refractivity contribution in [3.8, 4) is 0 Å². The first-order chi connectivity index (χ1) is 8.72. The van der Waals surface area contributed by atoms with Gasteiger partial charge >= 0.3 is 0 Å². The molecule has 0 aliphatic carbocycles. The van der Waals surface area contributed by atoms with Gasteiger partial charge in [-0.25, -0.2) is 0 Å². The summed E-state index contributed by atoms with van der Waals surface area (Å²) in [5, 5.41) is 2.72. The minimum atomic E-state index is -0.0878. The molecule has 1 aromatic rings. The Balaban J connectivity index is 2.19. The molecule has 1 heterocycles. The van der Waals surface area contributed by atoms with Crippen molar-refractivity contribution in [2.24, 2.45) is 0 Å². The lowest BCUT2D eigenvalue weighted by atomic mass is 10.2. The van der Waals surface area contributed by atoms with Crippen LogP contribution in [0.3, 0.4) is 0 Å². The van der Waals surface area contributed by atoms with E-state index in [1.807, 2.05) is 24.3 Å². The number of benzene rings is 1. The Hall–Kier alpha value is -1.49. The molecule has 0 unspecified atom stereocenters. The standard InChI is InChI=1S/C13H16N2O2S/c1-2-18-11-6-4-3-5-10(11)13(17)15-8-7-14-12(16)9-15/h3-6H,2,7-9H2,1H3,(H,14,16). The highest BCUT2D eigenvalue weighted by Crippen LogP contribution is 2.23. The number of hydrogen-bond donors (Lipinski definition) is 1. The predicted octanol–water partition coefficient (Wildman–Crippen LogP) is 1.37. The van der Waals surface area contributed by atoms with E-state index in [0.29, 0.717) is 18.7 Å². The number of carbonyl (C=O) groups is 2. The maximum Gasteiger partial charge on any atom is 0.255 e. The molecule has 0 bridgehead atoms. The van der Waals surface area contributed by atoms with Crippen molar-refractivity contribution in [3.63, 3.8) is 0 Å². The van der Waals surface area contributed by atoms with Crippen LogP contribution in [-0.4, -0.2) is 42.1 Å². The van der Waals surface area contributed by atoms with Gasteiger partial charge in [-0.05, 0) is 17.9 Å². The Bertz CT molecular complexity index is 462. The van der Waals surface area contributed by atoms with Gasteiger partial charge in [0.15, 0.2) is 0 Å². The van der Waals surface area contributed by atoms with Gasteiger partial charge in [0.2, 0.25) is 5.91 Å². The Labute approximate surface area is 111 Å². The van der Waals surface area contributed by atoms with E-state index in [2.05, 4.69) is 12.2 Å². The van der Waals surface area contributed by atoms with Gasteiger partial charge in [-0.15, -0.1) is 11.8 Å². The van der Waals surface area contributed by atoms with Crippen molar-refractivity contribution in [1.29, 1.82) is 0 Å². The van der Waals surface area contributed by atoms with Crippen LogP contribution in [0.25, 0.3) is 0 Å². The second-order valence-corrected chi connectivity index (χ2v) is 5.31. The Morgan fingerprint density at radius 3 is 2.94 bits per heavy atom. The molecule has 5 heteroatoms. The third-order valence-electron chi connectivity index (χ3n) is 2.74. The van der Waals surface area contributed by atoms with E-state index in [0.717, 1.165) is 10.6 Å². The number of hydrogen-bond acceptors (Lipinski definition) is 3. The van der Waals surface area contributed by atoms with Gasteiger partial charge in [-0.1, -0.05) is 19.1 Å². The summed E-state index contributed by atoms with van der Waals surface area (Å²) in [4.78, 5) is 26.3. The molecule has 1 aliphatic rings. The molecule has 0 spiro atoms. The number of amides is 2. The smallest absolute Gasteiger partial charge is 0.255 e. The zero-order valence-electron chi connectivity index (χ0n) is 10.3. The molecule has 1 aromatic carbocycles. The van der Waals surface area contributed by atoms with Gasteiger partial charge in [-0.3, -0.25) is 9.59 Å². The highest BCUT2D eigenvalue weighted by atomic mass is 32.2. The van der Waals surface area contributed by atoms with E-state index in [-0.39, 0.29) is 18.4 Å². The molecule has 4 nitrogen and oxygen atoms in total. The van der Waals surface area contributed by atoms with Crippen molar-refractivity contribution in [1.82, 2.24) is 10.2 Å². The largest absolute Gasteiger partial charge is 0.353 e. The fourth-order valence-electron chi connectivity index (χ4n) is 1.91. The van der Waals surface area contributed by atoms with Gasteiger partial charge in [0.05, 0.1) is 12.1 Å². The lowest BCUT2D eigenvalue weighted by Gasteiger charge is -2.27. The van der Waals surface area contributed by atoms with E-state index in [1.165, 1.54) is 0 Å². The first-order valence-electron chi connectivity index (χ1n) is 6.00. The molecule has 0 aromatic heterocycles. The molecular formula is C13H16N2O2S. The molecule has 96 valence electrons. The second-order valence-electron chi connectivity index (χ2n) is 4.01. The second kappa shape index (κ2) is 5.91. The van der Waals surface area contributed by atoms with E-state index >= 15 is 0 Å². The zero-order valence-corrected chi connectivity index (χ0v) is 11.1. The summed E-state index contributed by atoms with van der Waals surface area (Å²) in [5.41, 5.74) is 0.694. The van der Waals surface area contributed by atoms with E-state index in [1.54, 1.807) is 16.7 Å². The summed E-state index contributed by atoms with van der Waals surface area (Å²) >= 11 is 1.65. The van der Waals surface area contributed by atoms with Crippen LogP contribution in [0.4, 0.5) is 0 Å². The van der Waals surface area contributed by atoms with Gasteiger partial charge in [0, 0.05) is 18.0 Å². The predicted molar refractivity (Wildman–Crippen MR) is 71.8 cm³/mol. The number of rotatable bonds is 3. The summed E-state index contributed by atoms with van der Waals surface area (Å²) in [6.45, 7) is 3.33. The van der Waals surface area contributed by atoms with Gasteiger partial charge in [0.1, 0.15) is 0 Å². The van der Waals surface area contributed by atoms with Crippen molar-refractivity contribution < 1.29 is 9.59 Å². The molecule has 2 amide bonds. The molecule has 1 N–H and O–H groups in total. The van der Waals surface area contributed by atoms with Crippen LogP contribution in [0.1, 0.15) is 17.3 Å². The third-order valence-corrected chi connectivity index (χ3v) is 3.70. The highest BCUT2D eigenvalue weighted by Gasteiger charge is 2.23. The summed E-state index contributed by atoms with van der Waals surface area (Å²) in [5.74, 6) is 0.779. The van der Waals surface area contributed by atoms with Crippen molar-refractivity contribution in [3.05, 3.63) is 29.8 Å².